The topological polar surface area (TPSA) is 95.8 Å². The number of carbonyl (C=O) groups excluding carboxylic acids is 2. The third-order valence-corrected chi connectivity index (χ3v) is 6.56. The summed E-state index contributed by atoms with van der Waals surface area (Å²) in [5.74, 6) is -0.769. The molecule has 4 rings (SSSR count). The molecule has 34 heavy (non-hydrogen) atoms. The molecule has 2 amide bonds. The minimum Gasteiger partial charge on any atom is -0.335 e. The Balaban J connectivity index is 1.34. The van der Waals surface area contributed by atoms with Crippen LogP contribution in [-0.4, -0.2) is 59.3 Å². The lowest BCUT2D eigenvalue weighted by atomic mass is 10.1. The molecule has 2 aromatic carbocycles. The Labute approximate surface area is 195 Å². The van der Waals surface area contributed by atoms with Crippen molar-refractivity contribution >= 4 is 44.6 Å². The molecule has 0 unspecified atom stereocenters. The third-order valence-electron chi connectivity index (χ3n) is 5.45. The molecule has 178 valence electrons. The van der Waals surface area contributed by atoms with Crippen molar-refractivity contribution in [3.8, 4) is 0 Å². The maximum absolute atomic E-state index is 13.1. The minimum atomic E-state index is -4.58. The first kappa shape index (κ1) is 23.6. The number of nitro groups is 1. The Morgan fingerprint density at radius 2 is 1.76 bits per heavy atom. The summed E-state index contributed by atoms with van der Waals surface area (Å²) in [7, 11) is 0. The van der Waals surface area contributed by atoms with Gasteiger partial charge in [-0.15, -0.1) is 11.3 Å². The van der Waals surface area contributed by atoms with Crippen molar-refractivity contribution in [1.29, 1.82) is 0 Å². The number of halogens is 3. The Bertz CT molecular complexity index is 1250. The van der Waals surface area contributed by atoms with E-state index in [-0.39, 0.29) is 23.8 Å². The molecule has 0 radical (unpaired) electrons. The number of piperazine rings is 1. The summed E-state index contributed by atoms with van der Waals surface area (Å²) < 4.78 is 40.1. The molecule has 1 aliphatic rings. The fourth-order valence-electron chi connectivity index (χ4n) is 3.75. The van der Waals surface area contributed by atoms with E-state index in [9.17, 15) is 32.9 Å². The number of amides is 2. The first-order valence-electron chi connectivity index (χ1n) is 10.3. The number of nitro benzene ring substituents is 1. The molecule has 2 heterocycles. The van der Waals surface area contributed by atoms with Crippen molar-refractivity contribution in [2.45, 2.75) is 6.18 Å². The summed E-state index contributed by atoms with van der Waals surface area (Å²) in [6, 6.07) is 10.9. The van der Waals surface area contributed by atoms with Crippen LogP contribution in [0.15, 0.2) is 48.5 Å². The molecular formula is C22H19F3N4O4S. The van der Waals surface area contributed by atoms with Crippen LogP contribution < -0.4 is 5.32 Å². The number of fused-ring (bicyclic) bond motifs is 1. The lowest BCUT2D eigenvalue weighted by Crippen LogP contribution is -2.50. The number of para-hydroxylation sites is 1. The van der Waals surface area contributed by atoms with Crippen LogP contribution in [-0.2, 0) is 11.0 Å². The van der Waals surface area contributed by atoms with E-state index in [0.717, 1.165) is 10.8 Å². The van der Waals surface area contributed by atoms with Gasteiger partial charge in [-0.1, -0.05) is 12.1 Å². The molecule has 0 aliphatic carbocycles. The molecule has 0 spiro atoms. The van der Waals surface area contributed by atoms with Gasteiger partial charge >= 0.3 is 6.18 Å². The van der Waals surface area contributed by atoms with E-state index in [2.05, 4.69) is 5.32 Å². The van der Waals surface area contributed by atoms with Gasteiger partial charge in [-0.2, -0.15) is 13.2 Å². The Kier molecular flexibility index (Phi) is 6.53. The van der Waals surface area contributed by atoms with E-state index in [1.54, 1.807) is 21.9 Å². The van der Waals surface area contributed by atoms with Crippen molar-refractivity contribution in [2.24, 2.45) is 0 Å². The predicted octanol–water partition coefficient (Wildman–Crippen LogP) is 4.22. The van der Waals surface area contributed by atoms with E-state index in [4.69, 9.17) is 0 Å². The number of nitrogens with zero attached hydrogens (tertiary/aromatic N) is 3. The van der Waals surface area contributed by atoms with Crippen molar-refractivity contribution in [2.75, 3.05) is 38.0 Å². The number of hydrogen-bond acceptors (Lipinski definition) is 6. The van der Waals surface area contributed by atoms with E-state index in [1.807, 2.05) is 0 Å². The Hall–Kier alpha value is -3.51. The van der Waals surface area contributed by atoms with Crippen molar-refractivity contribution in [1.82, 2.24) is 9.80 Å². The summed E-state index contributed by atoms with van der Waals surface area (Å²) in [6.45, 7) is 1.37. The summed E-state index contributed by atoms with van der Waals surface area (Å²) in [4.78, 5) is 39.5. The number of alkyl halides is 3. The zero-order valence-corrected chi connectivity index (χ0v) is 18.5. The second-order valence-corrected chi connectivity index (χ2v) is 8.83. The smallest absolute Gasteiger partial charge is 0.335 e. The lowest BCUT2D eigenvalue weighted by Gasteiger charge is -2.34. The first-order chi connectivity index (χ1) is 16.1. The van der Waals surface area contributed by atoms with Crippen LogP contribution in [0, 0.1) is 10.1 Å². The highest BCUT2D eigenvalue weighted by molar-refractivity contribution is 7.20. The number of anilines is 1. The second-order valence-electron chi connectivity index (χ2n) is 7.75. The zero-order valence-electron chi connectivity index (χ0n) is 17.7. The minimum absolute atomic E-state index is 0.0472. The van der Waals surface area contributed by atoms with Crippen LogP contribution in [0.25, 0.3) is 10.1 Å². The lowest BCUT2D eigenvalue weighted by molar-refractivity contribution is -0.384. The molecule has 0 atom stereocenters. The van der Waals surface area contributed by atoms with Gasteiger partial charge in [0, 0.05) is 48.4 Å². The van der Waals surface area contributed by atoms with Gasteiger partial charge in [0.1, 0.15) is 0 Å². The van der Waals surface area contributed by atoms with Gasteiger partial charge in [-0.3, -0.25) is 24.6 Å². The molecule has 1 fully saturated rings. The van der Waals surface area contributed by atoms with E-state index in [0.29, 0.717) is 36.4 Å². The van der Waals surface area contributed by atoms with Crippen molar-refractivity contribution in [3.05, 3.63) is 69.1 Å². The van der Waals surface area contributed by atoms with Gasteiger partial charge in [-0.25, -0.2) is 0 Å². The maximum atomic E-state index is 13.1. The van der Waals surface area contributed by atoms with E-state index < -0.39 is 22.6 Å². The molecule has 1 aliphatic heterocycles. The molecule has 1 aromatic heterocycles. The second kappa shape index (κ2) is 9.39. The average Bonchev–Trinajstić information content (AvgIpc) is 3.22. The normalized spacial score (nSPS) is 14.9. The summed E-state index contributed by atoms with van der Waals surface area (Å²) in [5.41, 5.74) is -1.25. The number of benzene rings is 2. The van der Waals surface area contributed by atoms with Crippen LogP contribution in [0.1, 0.15) is 15.2 Å². The third kappa shape index (κ3) is 5.18. The van der Waals surface area contributed by atoms with Crippen LogP contribution >= 0.6 is 11.3 Å². The fraction of sp³-hybridized carbons (Fsp3) is 0.273. The maximum Gasteiger partial charge on any atom is 0.418 e. The van der Waals surface area contributed by atoms with Crippen molar-refractivity contribution in [3.63, 3.8) is 0 Å². The molecule has 12 heteroatoms. The SMILES string of the molecule is O=C(CN1CCN(C(=O)c2cc3cc([N+](=O)[O-])ccc3s2)CC1)Nc1ccccc1C(F)(F)F. The molecule has 3 aromatic rings. The summed E-state index contributed by atoms with van der Waals surface area (Å²) in [5, 5.41) is 13.9. The van der Waals surface area contributed by atoms with Gasteiger partial charge < -0.3 is 10.2 Å². The van der Waals surface area contributed by atoms with E-state index in [1.165, 1.54) is 41.7 Å². The van der Waals surface area contributed by atoms with Gasteiger partial charge in [0.05, 0.1) is 27.6 Å². The highest BCUT2D eigenvalue weighted by Gasteiger charge is 2.33. The number of hydrogen-bond donors (Lipinski definition) is 1. The van der Waals surface area contributed by atoms with Crippen LogP contribution in [0.3, 0.4) is 0 Å². The highest BCUT2D eigenvalue weighted by Crippen LogP contribution is 2.34. The first-order valence-corrected chi connectivity index (χ1v) is 11.1. The van der Waals surface area contributed by atoms with Crippen molar-refractivity contribution < 1.29 is 27.7 Å². The molecule has 1 N–H and O–H groups in total. The van der Waals surface area contributed by atoms with Crippen LogP contribution in [0.2, 0.25) is 0 Å². The van der Waals surface area contributed by atoms with Gasteiger partial charge in [0.2, 0.25) is 5.91 Å². The number of rotatable bonds is 5. The Morgan fingerprint density at radius 3 is 2.44 bits per heavy atom. The fourth-order valence-corrected chi connectivity index (χ4v) is 4.76. The van der Waals surface area contributed by atoms with Gasteiger partial charge in [-0.05, 0) is 24.3 Å². The largest absolute Gasteiger partial charge is 0.418 e. The molecular weight excluding hydrogens is 473 g/mol. The Morgan fingerprint density at radius 1 is 1.06 bits per heavy atom. The molecule has 8 nitrogen and oxygen atoms in total. The highest BCUT2D eigenvalue weighted by atomic mass is 32.1. The molecule has 0 saturated carbocycles. The standard InChI is InChI=1S/C22H19F3N4O4S/c23-22(24,25)16-3-1-2-4-17(16)26-20(30)13-27-7-9-28(10-8-27)21(31)19-12-14-11-15(29(32)33)5-6-18(14)34-19/h1-6,11-12H,7-10,13H2,(H,26,30). The zero-order chi connectivity index (χ0) is 24.5. The summed E-state index contributed by atoms with van der Waals surface area (Å²) in [6.07, 6.45) is -4.58. The van der Waals surface area contributed by atoms with Gasteiger partial charge in [0.15, 0.2) is 0 Å². The quantitative estimate of drug-likeness (QED) is 0.425. The van der Waals surface area contributed by atoms with Crippen LogP contribution in [0.5, 0.6) is 0 Å². The molecule has 0 bridgehead atoms. The monoisotopic (exact) mass is 492 g/mol. The number of thiophene rings is 1. The number of nitrogens with one attached hydrogen (secondary N) is 1. The average molecular weight is 492 g/mol. The van der Waals surface area contributed by atoms with E-state index >= 15 is 0 Å². The predicted molar refractivity (Wildman–Crippen MR) is 121 cm³/mol. The number of non-ortho nitro benzene ring substituents is 1. The van der Waals surface area contributed by atoms with Gasteiger partial charge in [0.25, 0.3) is 11.6 Å². The van der Waals surface area contributed by atoms with Crippen LogP contribution in [0.4, 0.5) is 24.5 Å². The molecule has 1 saturated heterocycles. The number of carbonyl (C=O) groups is 2. The summed E-state index contributed by atoms with van der Waals surface area (Å²) >= 11 is 1.25.